The van der Waals surface area contributed by atoms with E-state index in [1.165, 1.54) is 6.07 Å². The highest BCUT2D eigenvalue weighted by Crippen LogP contribution is 2.49. The summed E-state index contributed by atoms with van der Waals surface area (Å²) in [5, 5.41) is 0. The van der Waals surface area contributed by atoms with E-state index in [9.17, 15) is 4.39 Å². The molecule has 13 heavy (non-hydrogen) atoms. The van der Waals surface area contributed by atoms with E-state index < -0.39 is 0 Å². The minimum absolute atomic E-state index is 0.157. The molecule has 1 aliphatic carbocycles. The van der Waals surface area contributed by atoms with Crippen LogP contribution in [0.1, 0.15) is 24.0 Å². The van der Waals surface area contributed by atoms with Crippen LogP contribution in [0.2, 0.25) is 0 Å². The summed E-state index contributed by atoms with van der Waals surface area (Å²) in [5.74, 6) is 2.55. The van der Waals surface area contributed by atoms with Crippen molar-refractivity contribution in [3.8, 4) is 12.3 Å². The summed E-state index contributed by atoms with van der Waals surface area (Å²) in [6, 6.07) is 5.12. The van der Waals surface area contributed by atoms with Crippen LogP contribution in [0, 0.1) is 25.1 Å². The number of aryl methyl sites for hydroxylation is 1. The molecule has 0 amide bonds. The molecule has 0 aliphatic heterocycles. The van der Waals surface area contributed by atoms with Crippen molar-refractivity contribution in [3.63, 3.8) is 0 Å². The summed E-state index contributed by atoms with van der Waals surface area (Å²) in [7, 11) is 0. The lowest BCUT2D eigenvalue weighted by molar-refractivity contribution is 0.598. The summed E-state index contributed by atoms with van der Waals surface area (Å²) < 4.78 is 13.5. The number of terminal acetylenes is 1. The van der Waals surface area contributed by atoms with Crippen molar-refractivity contribution in [2.75, 3.05) is 0 Å². The van der Waals surface area contributed by atoms with Gasteiger partial charge in [0.25, 0.3) is 0 Å². The monoisotopic (exact) mass is 174 g/mol. The first-order valence-electron chi connectivity index (χ1n) is 4.43. The Morgan fingerprint density at radius 3 is 2.62 bits per heavy atom. The zero-order valence-corrected chi connectivity index (χ0v) is 7.60. The van der Waals surface area contributed by atoms with Gasteiger partial charge in [-0.2, -0.15) is 0 Å². The lowest BCUT2D eigenvalue weighted by Crippen LogP contribution is -2.08. The SMILES string of the molecule is C#CC1(c2c(C)cccc2F)CC1. The lowest BCUT2D eigenvalue weighted by atomic mass is 9.92. The van der Waals surface area contributed by atoms with Gasteiger partial charge in [0, 0.05) is 5.56 Å². The molecule has 1 aromatic carbocycles. The summed E-state index contributed by atoms with van der Waals surface area (Å²) in [6.07, 6.45) is 7.27. The largest absolute Gasteiger partial charge is 0.207 e. The summed E-state index contributed by atoms with van der Waals surface area (Å²) in [4.78, 5) is 0. The summed E-state index contributed by atoms with van der Waals surface area (Å²) in [5.41, 5.74) is 1.42. The molecule has 0 spiro atoms. The molecule has 0 atom stereocenters. The maximum atomic E-state index is 13.5. The molecule has 0 saturated heterocycles. The van der Waals surface area contributed by atoms with E-state index >= 15 is 0 Å². The molecule has 0 nitrogen and oxygen atoms in total. The average molecular weight is 174 g/mol. The third-order valence-corrected chi connectivity index (χ3v) is 2.73. The number of benzene rings is 1. The minimum atomic E-state index is -0.282. The topological polar surface area (TPSA) is 0 Å². The van der Waals surface area contributed by atoms with Crippen molar-refractivity contribution in [2.45, 2.75) is 25.2 Å². The van der Waals surface area contributed by atoms with E-state index in [4.69, 9.17) is 6.42 Å². The van der Waals surface area contributed by atoms with E-state index in [-0.39, 0.29) is 11.2 Å². The highest BCUT2D eigenvalue weighted by molar-refractivity contribution is 5.45. The molecule has 0 N–H and O–H groups in total. The number of hydrogen-bond acceptors (Lipinski definition) is 0. The van der Waals surface area contributed by atoms with Gasteiger partial charge in [0.2, 0.25) is 0 Å². The first-order valence-corrected chi connectivity index (χ1v) is 4.43. The molecule has 0 unspecified atom stereocenters. The Kier molecular flexibility index (Phi) is 1.66. The summed E-state index contributed by atoms with van der Waals surface area (Å²) >= 11 is 0. The van der Waals surface area contributed by atoms with Crippen molar-refractivity contribution < 1.29 is 4.39 Å². The van der Waals surface area contributed by atoms with Crippen LogP contribution >= 0.6 is 0 Å². The van der Waals surface area contributed by atoms with Crippen molar-refractivity contribution in [1.29, 1.82) is 0 Å². The van der Waals surface area contributed by atoms with Crippen LogP contribution in [0.3, 0.4) is 0 Å². The Labute approximate surface area is 77.8 Å². The molecule has 0 heterocycles. The van der Waals surface area contributed by atoms with Crippen molar-refractivity contribution in [1.82, 2.24) is 0 Å². The Morgan fingerprint density at radius 2 is 2.15 bits per heavy atom. The second-order valence-corrected chi connectivity index (χ2v) is 3.66. The number of hydrogen-bond donors (Lipinski definition) is 0. The van der Waals surface area contributed by atoms with Gasteiger partial charge in [-0.25, -0.2) is 4.39 Å². The van der Waals surface area contributed by atoms with Gasteiger partial charge in [-0.15, -0.1) is 6.42 Å². The molecular weight excluding hydrogens is 163 g/mol. The second-order valence-electron chi connectivity index (χ2n) is 3.66. The molecule has 1 heteroatoms. The van der Waals surface area contributed by atoms with Crippen LogP contribution in [0.5, 0.6) is 0 Å². The standard InChI is InChI=1S/C12H11F/c1-3-12(7-8-12)11-9(2)5-4-6-10(11)13/h1,4-6H,7-8H2,2H3. The van der Waals surface area contributed by atoms with Crippen molar-refractivity contribution in [2.24, 2.45) is 0 Å². The van der Waals surface area contributed by atoms with E-state index in [1.54, 1.807) is 6.07 Å². The molecule has 1 aromatic rings. The summed E-state index contributed by atoms with van der Waals surface area (Å²) in [6.45, 7) is 1.91. The van der Waals surface area contributed by atoms with Gasteiger partial charge in [-0.3, -0.25) is 0 Å². The highest BCUT2D eigenvalue weighted by Gasteiger charge is 2.45. The maximum absolute atomic E-state index is 13.5. The van der Waals surface area contributed by atoms with Crippen LogP contribution in [0.15, 0.2) is 18.2 Å². The predicted octanol–water partition coefficient (Wildman–Crippen LogP) is 2.80. The molecule has 1 saturated carbocycles. The fourth-order valence-corrected chi connectivity index (χ4v) is 1.83. The van der Waals surface area contributed by atoms with Crippen LogP contribution in [-0.2, 0) is 5.41 Å². The number of rotatable bonds is 1. The minimum Gasteiger partial charge on any atom is -0.207 e. The van der Waals surface area contributed by atoms with Gasteiger partial charge in [-0.1, -0.05) is 18.1 Å². The Hall–Kier alpha value is -1.29. The quantitative estimate of drug-likeness (QED) is 0.574. The zero-order valence-electron chi connectivity index (χ0n) is 7.60. The molecule has 2 rings (SSSR count). The first-order chi connectivity index (χ1) is 6.19. The predicted molar refractivity (Wildman–Crippen MR) is 50.9 cm³/mol. The van der Waals surface area contributed by atoms with E-state index in [0.29, 0.717) is 0 Å². The lowest BCUT2D eigenvalue weighted by Gasteiger charge is -2.12. The van der Waals surface area contributed by atoms with Crippen LogP contribution in [-0.4, -0.2) is 0 Å². The van der Waals surface area contributed by atoms with Crippen LogP contribution in [0.4, 0.5) is 4.39 Å². The third kappa shape index (κ3) is 1.14. The second kappa shape index (κ2) is 2.60. The third-order valence-electron chi connectivity index (χ3n) is 2.73. The molecule has 0 radical (unpaired) electrons. The smallest absolute Gasteiger partial charge is 0.128 e. The van der Waals surface area contributed by atoms with Gasteiger partial charge >= 0.3 is 0 Å². The molecule has 0 aromatic heterocycles. The first kappa shape index (κ1) is 8.31. The van der Waals surface area contributed by atoms with E-state index in [2.05, 4.69) is 5.92 Å². The zero-order chi connectivity index (χ0) is 9.47. The fourth-order valence-electron chi connectivity index (χ4n) is 1.83. The van der Waals surface area contributed by atoms with Gasteiger partial charge < -0.3 is 0 Å². The normalized spacial score (nSPS) is 17.9. The molecule has 0 bridgehead atoms. The van der Waals surface area contributed by atoms with Gasteiger partial charge in [0.05, 0.1) is 5.41 Å². The Bertz CT molecular complexity index is 360. The Balaban J connectivity index is 2.58. The van der Waals surface area contributed by atoms with Crippen molar-refractivity contribution >= 4 is 0 Å². The Morgan fingerprint density at radius 1 is 1.46 bits per heavy atom. The molecule has 66 valence electrons. The van der Waals surface area contributed by atoms with Crippen LogP contribution in [0.25, 0.3) is 0 Å². The van der Waals surface area contributed by atoms with Gasteiger partial charge in [-0.05, 0) is 31.4 Å². The molecule has 1 fully saturated rings. The van der Waals surface area contributed by atoms with E-state index in [0.717, 1.165) is 24.0 Å². The highest BCUT2D eigenvalue weighted by atomic mass is 19.1. The van der Waals surface area contributed by atoms with Gasteiger partial charge in [0.15, 0.2) is 0 Å². The average Bonchev–Trinajstić information content (AvgIpc) is 2.85. The maximum Gasteiger partial charge on any atom is 0.128 e. The van der Waals surface area contributed by atoms with E-state index in [1.807, 2.05) is 13.0 Å². The fraction of sp³-hybridized carbons (Fsp3) is 0.333. The van der Waals surface area contributed by atoms with Gasteiger partial charge in [0.1, 0.15) is 5.82 Å². The number of halogens is 1. The van der Waals surface area contributed by atoms with Crippen molar-refractivity contribution in [3.05, 3.63) is 35.1 Å². The van der Waals surface area contributed by atoms with Crippen LogP contribution < -0.4 is 0 Å². The molecular formula is C12H11F. The molecule has 1 aliphatic rings.